The third kappa shape index (κ3) is 4.33. The maximum Gasteiger partial charge on any atom is 0.227 e. The lowest BCUT2D eigenvalue weighted by Crippen LogP contribution is -2.38. The molecule has 1 aliphatic rings. The topological polar surface area (TPSA) is 49.4 Å². The molecule has 0 aromatic heterocycles. The number of para-hydroxylation sites is 1. The molecule has 1 N–H and O–H groups in total. The number of carbonyl (C=O) groups is 2. The molecule has 4 heteroatoms. The van der Waals surface area contributed by atoms with E-state index in [1.54, 1.807) is 4.90 Å². The van der Waals surface area contributed by atoms with Crippen LogP contribution in [0.3, 0.4) is 0 Å². The van der Waals surface area contributed by atoms with Gasteiger partial charge in [0, 0.05) is 24.7 Å². The lowest BCUT2D eigenvalue weighted by atomic mass is 10.1. The zero-order valence-electron chi connectivity index (χ0n) is 13.5. The molecule has 2 unspecified atom stereocenters. The maximum absolute atomic E-state index is 12.3. The molecular weight excluding hydrogens is 276 g/mol. The second kappa shape index (κ2) is 7.97. The molecule has 120 valence electrons. The van der Waals surface area contributed by atoms with Crippen LogP contribution >= 0.6 is 0 Å². The maximum atomic E-state index is 12.3. The number of amides is 2. The van der Waals surface area contributed by atoms with Crippen LogP contribution in [-0.2, 0) is 9.59 Å². The summed E-state index contributed by atoms with van der Waals surface area (Å²) >= 11 is 0. The van der Waals surface area contributed by atoms with E-state index in [1.807, 2.05) is 37.3 Å². The molecule has 1 heterocycles. The molecule has 0 bridgehead atoms. The van der Waals surface area contributed by atoms with Crippen molar-refractivity contribution in [1.82, 2.24) is 5.32 Å². The lowest BCUT2D eigenvalue weighted by Gasteiger charge is -2.18. The van der Waals surface area contributed by atoms with Crippen molar-refractivity contribution in [3.8, 4) is 0 Å². The van der Waals surface area contributed by atoms with Crippen molar-refractivity contribution < 1.29 is 9.59 Å². The molecule has 2 amide bonds. The van der Waals surface area contributed by atoms with Crippen LogP contribution in [0.5, 0.6) is 0 Å². The monoisotopic (exact) mass is 302 g/mol. The van der Waals surface area contributed by atoms with Crippen molar-refractivity contribution in [2.75, 3.05) is 11.4 Å². The number of carbonyl (C=O) groups excluding carboxylic acids is 2. The molecule has 2 rings (SSSR count). The summed E-state index contributed by atoms with van der Waals surface area (Å²) in [6, 6.07) is 9.74. The third-order valence-electron chi connectivity index (χ3n) is 4.19. The highest BCUT2D eigenvalue weighted by Gasteiger charge is 2.35. The lowest BCUT2D eigenvalue weighted by molar-refractivity contribution is -0.126. The third-order valence-corrected chi connectivity index (χ3v) is 4.19. The van der Waals surface area contributed by atoms with Crippen molar-refractivity contribution in [2.45, 2.75) is 52.0 Å². The summed E-state index contributed by atoms with van der Waals surface area (Å²) in [4.78, 5) is 26.2. The second-order valence-electron chi connectivity index (χ2n) is 6.15. The molecule has 0 radical (unpaired) electrons. The van der Waals surface area contributed by atoms with Crippen molar-refractivity contribution in [3.05, 3.63) is 30.3 Å². The highest BCUT2D eigenvalue weighted by molar-refractivity contribution is 6.00. The van der Waals surface area contributed by atoms with Gasteiger partial charge < -0.3 is 10.2 Å². The molecule has 22 heavy (non-hydrogen) atoms. The van der Waals surface area contributed by atoms with Crippen LogP contribution in [0.15, 0.2) is 30.3 Å². The summed E-state index contributed by atoms with van der Waals surface area (Å²) in [6.07, 6.45) is 4.83. The molecule has 0 spiro atoms. The second-order valence-corrected chi connectivity index (χ2v) is 6.15. The molecule has 0 aliphatic carbocycles. The van der Waals surface area contributed by atoms with Gasteiger partial charge in [-0.25, -0.2) is 0 Å². The van der Waals surface area contributed by atoms with Gasteiger partial charge >= 0.3 is 0 Å². The average molecular weight is 302 g/mol. The molecule has 1 fully saturated rings. The zero-order valence-corrected chi connectivity index (χ0v) is 13.5. The summed E-state index contributed by atoms with van der Waals surface area (Å²) in [6.45, 7) is 4.70. The smallest absolute Gasteiger partial charge is 0.227 e. The summed E-state index contributed by atoms with van der Waals surface area (Å²) in [5.74, 6) is -0.193. The number of anilines is 1. The van der Waals surface area contributed by atoms with Crippen LogP contribution in [-0.4, -0.2) is 24.4 Å². The van der Waals surface area contributed by atoms with Gasteiger partial charge in [0.2, 0.25) is 11.8 Å². The van der Waals surface area contributed by atoms with E-state index in [4.69, 9.17) is 0 Å². The first kappa shape index (κ1) is 16.5. The minimum atomic E-state index is -0.235. The van der Waals surface area contributed by atoms with E-state index in [2.05, 4.69) is 12.2 Å². The predicted octanol–water partition coefficient (Wildman–Crippen LogP) is 3.12. The molecule has 4 nitrogen and oxygen atoms in total. The highest BCUT2D eigenvalue weighted by atomic mass is 16.2. The van der Waals surface area contributed by atoms with Gasteiger partial charge in [-0.1, -0.05) is 44.4 Å². The molecule has 0 saturated carbocycles. The van der Waals surface area contributed by atoms with Crippen LogP contribution in [0.25, 0.3) is 0 Å². The minimum absolute atomic E-state index is 0.00998. The van der Waals surface area contributed by atoms with Gasteiger partial charge in [-0.05, 0) is 25.5 Å². The van der Waals surface area contributed by atoms with Crippen LogP contribution in [0.2, 0.25) is 0 Å². The van der Waals surface area contributed by atoms with Gasteiger partial charge in [0.25, 0.3) is 0 Å². The van der Waals surface area contributed by atoms with Gasteiger partial charge in [-0.15, -0.1) is 0 Å². The Morgan fingerprint density at radius 1 is 1.32 bits per heavy atom. The standard InChI is InChI=1S/C18H26N2O2/c1-3-4-6-9-14(2)19-18(22)15-12-17(21)20(13-15)16-10-7-5-8-11-16/h5,7-8,10-11,14-15H,3-4,6,9,12-13H2,1-2H3,(H,19,22). The Balaban J connectivity index is 1.86. The van der Waals surface area contributed by atoms with Crippen molar-refractivity contribution >= 4 is 17.5 Å². The summed E-state index contributed by atoms with van der Waals surface area (Å²) in [5.41, 5.74) is 0.874. The number of nitrogens with one attached hydrogen (secondary N) is 1. The Bertz CT molecular complexity index is 501. The van der Waals surface area contributed by atoms with Crippen LogP contribution in [0.4, 0.5) is 5.69 Å². The van der Waals surface area contributed by atoms with E-state index in [1.165, 1.54) is 12.8 Å². The number of benzene rings is 1. The van der Waals surface area contributed by atoms with Gasteiger partial charge in [0.15, 0.2) is 0 Å². The summed E-state index contributed by atoms with van der Waals surface area (Å²) in [5, 5.41) is 3.06. The first-order chi connectivity index (χ1) is 10.6. The molecule has 1 aromatic carbocycles. The Labute approximate surface area is 132 Å². The van der Waals surface area contributed by atoms with E-state index in [9.17, 15) is 9.59 Å². The van der Waals surface area contributed by atoms with Gasteiger partial charge in [-0.3, -0.25) is 9.59 Å². The molecule has 2 atom stereocenters. The molecule has 1 aliphatic heterocycles. The molecular formula is C18H26N2O2. The Morgan fingerprint density at radius 3 is 2.73 bits per heavy atom. The fraction of sp³-hybridized carbons (Fsp3) is 0.556. The van der Waals surface area contributed by atoms with Crippen molar-refractivity contribution in [3.63, 3.8) is 0 Å². The van der Waals surface area contributed by atoms with Crippen molar-refractivity contribution in [2.24, 2.45) is 5.92 Å². The van der Waals surface area contributed by atoms with E-state index in [-0.39, 0.29) is 23.8 Å². The van der Waals surface area contributed by atoms with E-state index >= 15 is 0 Å². The normalized spacial score (nSPS) is 19.3. The fourth-order valence-corrected chi connectivity index (χ4v) is 2.87. The summed E-state index contributed by atoms with van der Waals surface area (Å²) < 4.78 is 0. The molecule has 1 saturated heterocycles. The number of hydrogen-bond donors (Lipinski definition) is 1. The average Bonchev–Trinajstić information content (AvgIpc) is 2.90. The summed E-state index contributed by atoms with van der Waals surface area (Å²) in [7, 11) is 0. The van der Waals surface area contributed by atoms with Crippen LogP contribution < -0.4 is 10.2 Å². The number of rotatable bonds is 7. The number of hydrogen-bond acceptors (Lipinski definition) is 2. The zero-order chi connectivity index (χ0) is 15.9. The van der Waals surface area contributed by atoms with Crippen LogP contribution in [0.1, 0.15) is 46.0 Å². The first-order valence-corrected chi connectivity index (χ1v) is 8.27. The quantitative estimate of drug-likeness (QED) is 0.787. The predicted molar refractivity (Wildman–Crippen MR) is 88.6 cm³/mol. The number of unbranched alkanes of at least 4 members (excludes halogenated alkanes) is 2. The van der Waals surface area contributed by atoms with E-state index < -0.39 is 0 Å². The van der Waals surface area contributed by atoms with Gasteiger partial charge in [-0.2, -0.15) is 0 Å². The SMILES string of the molecule is CCCCCC(C)NC(=O)C1CC(=O)N(c2ccccc2)C1. The van der Waals surface area contributed by atoms with E-state index in [0.717, 1.165) is 18.5 Å². The van der Waals surface area contributed by atoms with Crippen molar-refractivity contribution in [1.29, 1.82) is 0 Å². The minimum Gasteiger partial charge on any atom is -0.353 e. The Kier molecular flexibility index (Phi) is 5.99. The Morgan fingerprint density at radius 2 is 2.05 bits per heavy atom. The van der Waals surface area contributed by atoms with E-state index in [0.29, 0.717) is 13.0 Å². The first-order valence-electron chi connectivity index (χ1n) is 8.27. The highest BCUT2D eigenvalue weighted by Crippen LogP contribution is 2.25. The van der Waals surface area contributed by atoms with Gasteiger partial charge in [0.1, 0.15) is 0 Å². The fourth-order valence-electron chi connectivity index (χ4n) is 2.87. The van der Waals surface area contributed by atoms with Gasteiger partial charge in [0.05, 0.1) is 5.92 Å². The number of nitrogens with zero attached hydrogens (tertiary/aromatic N) is 1. The molecule has 1 aromatic rings. The largest absolute Gasteiger partial charge is 0.353 e. The van der Waals surface area contributed by atoms with Crippen LogP contribution in [0, 0.1) is 5.92 Å². The Hall–Kier alpha value is -1.84.